The largest absolute Gasteiger partial charge is 0.322 e. The van der Waals surface area contributed by atoms with Crippen LogP contribution in [0.5, 0.6) is 0 Å². The van der Waals surface area contributed by atoms with Crippen molar-refractivity contribution in [2.75, 3.05) is 10.2 Å². The van der Waals surface area contributed by atoms with E-state index in [0.29, 0.717) is 34.8 Å². The number of amides is 3. The molecule has 0 unspecified atom stereocenters. The highest BCUT2D eigenvalue weighted by Crippen LogP contribution is 2.45. The van der Waals surface area contributed by atoms with Crippen LogP contribution >= 0.6 is 11.6 Å². The van der Waals surface area contributed by atoms with Crippen molar-refractivity contribution in [1.29, 1.82) is 0 Å². The number of benzene rings is 3. The van der Waals surface area contributed by atoms with Crippen molar-refractivity contribution < 1.29 is 14.4 Å². The van der Waals surface area contributed by atoms with E-state index in [2.05, 4.69) is 17.4 Å². The fourth-order valence-electron chi connectivity index (χ4n) is 4.98. The molecule has 5 nitrogen and oxygen atoms in total. The monoisotopic (exact) mass is 458 g/mol. The summed E-state index contributed by atoms with van der Waals surface area (Å²) < 4.78 is 0. The second-order valence-electron chi connectivity index (χ2n) is 8.66. The van der Waals surface area contributed by atoms with E-state index in [1.807, 2.05) is 18.2 Å². The molecule has 3 aromatic rings. The van der Waals surface area contributed by atoms with Crippen LogP contribution in [0, 0.1) is 11.8 Å². The Morgan fingerprint density at radius 1 is 0.848 bits per heavy atom. The van der Waals surface area contributed by atoms with Gasteiger partial charge in [0.05, 0.1) is 17.5 Å². The third-order valence-corrected chi connectivity index (χ3v) is 6.92. The molecule has 3 amide bonds. The minimum atomic E-state index is -0.320. The molecular weight excluding hydrogens is 436 g/mol. The first kappa shape index (κ1) is 21.4. The lowest BCUT2D eigenvalue weighted by molar-refractivity contribution is -0.122. The van der Waals surface area contributed by atoms with Gasteiger partial charge < -0.3 is 5.32 Å². The van der Waals surface area contributed by atoms with Gasteiger partial charge in [0.2, 0.25) is 11.8 Å². The highest BCUT2D eigenvalue weighted by atomic mass is 35.5. The number of carbonyl (C=O) groups excluding carboxylic acids is 3. The summed E-state index contributed by atoms with van der Waals surface area (Å²) in [4.78, 5) is 40.5. The Labute approximate surface area is 197 Å². The molecule has 2 aliphatic rings. The van der Waals surface area contributed by atoms with Gasteiger partial charge in [0.25, 0.3) is 5.91 Å². The second kappa shape index (κ2) is 8.83. The van der Waals surface area contributed by atoms with E-state index >= 15 is 0 Å². The number of halogens is 1. The summed E-state index contributed by atoms with van der Waals surface area (Å²) in [6.45, 7) is 0. The molecule has 1 saturated carbocycles. The first-order valence-electron chi connectivity index (χ1n) is 11.1. The van der Waals surface area contributed by atoms with Gasteiger partial charge in [-0.1, -0.05) is 48.0 Å². The Bertz CT molecular complexity index is 1210. The summed E-state index contributed by atoms with van der Waals surface area (Å²) in [5.74, 6) is -0.972. The lowest BCUT2D eigenvalue weighted by Gasteiger charge is -2.28. The van der Waals surface area contributed by atoms with Gasteiger partial charge in [-0.2, -0.15) is 0 Å². The predicted octanol–water partition coefficient (Wildman–Crippen LogP) is 5.67. The molecule has 33 heavy (non-hydrogen) atoms. The van der Waals surface area contributed by atoms with Gasteiger partial charge in [0, 0.05) is 16.3 Å². The number of fused-ring (bicyclic) bond motifs is 1. The second-order valence-corrected chi connectivity index (χ2v) is 9.09. The molecule has 0 aromatic heterocycles. The number of nitrogens with zero attached hydrogens (tertiary/aromatic N) is 1. The Balaban J connectivity index is 1.35. The van der Waals surface area contributed by atoms with Crippen molar-refractivity contribution in [2.45, 2.75) is 25.2 Å². The van der Waals surface area contributed by atoms with Gasteiger partial charge in [-0.05, 0) is 73.2 Å². The van der Waals surface area contributed by atoms with Crippen LogP contribution in [0.4, 0.5) is 11.4 Å². The zero-order valence-electron chi connectivity index (χ0n) is 17.9. The number of nitrogens with one attached hydrogen (secondary N) is 1. The lowest BCUT2D eigenvalue weighted by Crippen LogP contribution is -2.31. The van der Waals surface area contributed by atoms with Crippen molar-refractivity contribution in [1.82, 2.24) is 0 Å². The summed E-state index contributed by atoms with van der Waals surface area (Å²) in [6.07, 6.45) is 2.26. The number of imide groups is 1. The van der Waals surface area contributed by atoms with Crippen LogP contribution in [-0.4, -0.2) is 17.7 Å². The molecule has 3 atom stereocenters. The van der Waals surface area contributed by atoms with E-state index in [4.69, 9.17) is 11.6 Å². The van der Waals surface area contributed by atoms with Crippen LogP contribution in [0.1, 0.15) is 41.1 Å². The molecule has 0 radical (unpaired) electrons. The van der Waals surface area contributed by atoms with Crippen molar-refractivity contribution in [3.8, 4) is 0 Å². The minimum Gasteiger partial charge on any atom is -0.322 e. The molecule has 0 spiro atoms. The fourth-order valence-corrected chi connectivity index (χ4v) is 5.11. The molecule has 166 valence electrons. The van der Waals surface area contributed by atoms with Crippen LogP contribution in [0.2, 0.25) is 5.02 Å². The third-order valence-electron chi connectivity index (χ3n) is 6.67. The van der Waals surface area contributed by atoms with E-state index in [9.17, 15) is 14.4 Å². The standard InChI is InChI=1S/C27H23ClN2O3/c28-20-10-12-21(13-11-20)29-25(31)19-7-4-8-22(15-19)30-26(32)23-14-9-18(16-24(23)27(30)33)17-5-2-1-3-6-17/h1-8,10-13,15,18,23-24H,9,14,16H2,(H,29,31)/t18-,23+,24-/m0/s1. The number of hydrogen-bond donors (Lipinski definition) is 1. The van der Waals surface area contributed by atoms with Crippen LogP contribution in [0.25, 0.3) is 0 Å². The van der Waals surface area contributed by atoms with E-state index in [-0.39, 0.29) is 35.5 Å². The first-order chi connectivity index (χ1) is 16.0. The maximum absolute atomic E-state index is 13.3. The molecule has 2 fully saturated rings. The van der Waals surface area contributed by atoms with Crippen LogP contribution in [0.3, 0.4) is 0 Å². The highest BCUT2D eigenvalue weighted by molar-refractivity contribution is 6.30. The minimum absolute atomic E-state index is 0.160. The normalized spacial score (nSPS) is 22.2. The quantitative estimate of drug-likeness (QED) is 0.512. The summed E-state index contributed by atoms with van der Waals surface area (Å²) in [7, 11) is 0. The van der Waals surface area contributed by atoms with Crippen LogP contribution in [0.15, 0.2) is 78.9 Å². The first-order valence-corrected chi connectivity index (χ1v) is 11.5. The summed E-state index contributed by atoms with van der Waals surface area (Å²) in [6, 6.07) is 23.7. The highest BCUT2D eigenvalue weighted by Gasteiger charge is 2.50. The maximum Gasteiger partial charge on any atom is 0.255 e. The molecule has 1 aliphatic carbocycles. The average Bonchev–Trinajstić information content (AvgIpc) is 3.10. The SMILES string of the molecule is O=C(Nc1ccc(Cl)cc1)c1cccc(N2C(=O)[C@H]3C[C@@H](c4ccccc4)CC[C@H]3C2=O)c1. The Hall–Kier alpha value is -3.44. The Morgan fingerprint density at radius 3 is 2.33 bits per heavy atom. The van der Waals surface area contributed by atoms with Crippen molar-refractivity contribution in [3.63, 3.8) is 0 Å². The van der Waals surface area contributed by atoms with Crippen LogP contribution in [-0.2, 0) is 9.59 Å². The zero-order chi connectivity index (χ0) is 22.9. The average molecular weight is 459 g/mol. The van der Waals surface area contributed by atoms with Crippen molar-refractivity contribution >= 4 is 40.7 Å². The zero-order valence-corrected chi connectivity index (χ0v) is 18.7. The topological polar surface area (TPSA) is 66.5 Å². The molecule has 3 aromatic carbocycles. The molecule has 1 aliphatic heterocycles. The van der Waals surface area contributed by atoms with Gasteiger partial charge in [0.1, 0.15) is 0 Å². The summed E-state index contributed by atoms with van der Waals surface area (Å²) in [5, 5.41) is 3.39. The molecule has 0 bridgehead atoms. The number of hydrogen-bond acceptors (Lipinski definition) is 3. The van der Waals surface area contributed by atoms with Crippen molar-refractivity contribution in [3.05, 3.63) is 95.0 Å². The van der Waals surface area contributed by atoms with E-state index in [1.54, 1.807) is 48.5 Å². The summed E-state index contributed by atoms with van der Waals surface area (Å²) >= 11 is 5.90. The lowest BCUT2D eigenvalue weighted by atomic mass is 9.73. The van der Waals surface area contributed by atoms with Gasteiger partial charge >= 0.3 is 0 Å². The van der Waals surface area contributed by atoms with Crippen LogP contribution < -0.4 is 10.2 Å². The molecule has 6 heteroatoms. The number of anilines is 2. The molecule has 5 rings (SSSR count). The van der Waals surface area contributed by atoms with E-state index in [1.165, 1.54) is 10.5 Å². The molecule has 1 heterocycles. The van der Waals surface area contributed by atoms with Gasteiger partial charge in [-0.25, -0.2) is 0 Å². The smallest absolute Gasteiger partial charge is 0.255 e. The van der Waals surface area contributed by atoms with E-state index < -0.39 is 0 Å². The van der Waals surface area contributed by atoms with E-state index in [0.717, 1.165) is 6.42 Å². The third kappa shape index (κ3) is 4.16. The van der Waals surface area contributed by atoms with Gasteiger partial charge in [-0.3, -0.25) is 19.3 Å². The number of rotatable bonds is 4. The number of carbonyl (C=O) groups is 3. The molecule has 1 saturated heterocycles. The van der Waals surface area contributed by atoms with Gasteiger partial charge in [-0.15, -0.1) is 0 Å². The fraction of sp³-hybridized carbons (Fsp3) is 0.222. The van der Waals surface area contributed by atoms with Gasteiger partial charge in [0.15, 0.2) is 0 Å². The Morgan fingerprint density at radius 2 is 1.58 bits per heavy atom. The molecular formula is C27H23ClN2O3. The van der Waals surface area contributed by atoms with Crippen molar-refractivity contribution in [2.24, 2.45) is 11.8 Å². The predicted molar refractivity (Wildman–Crippen MR) is 128 cm³/mol. The maximum atomic E-state index is 13.3. The Kier molecular flexibility index (Phi) is 5.73. The summed E-state index contributed by atoms with van der Waals surface area (Å²) in [5.41, 5.74) is 2.65. The molecule has 1 N–H and O–H groups in total.